The van der Waals surface area contributed by atoms with Crippen LogP contribution in [-0.4, -0.2) is 7.05 Å². The van der Waals surface area contributed by atoms with Crippen LogP contribution in [0.3, 0.4) is 0 Å². The van der Waals surface area contributed by atoms with Crippen molar-refractivity contribution >= 4 is 27.3 Å². The van der Waals surface area contributed by atoms with Crippen LogP contribution in [0.4, 0.5) is 4.39 Å². The van der Waals surface area contributed by atoms with E-state index in [1.807, 2.05) is 19.2 Å². The molecule has 0 bridgehead atoms. The second kappa shape index (κ2) is 5.95. The summed E-state index contributed by atoms with van der Waals surface area (Å²) in [5.74, 6) is -0.187. The molecule has 0 fully saturated rings. The number of nitrogens with one attached hydrogen (secondary N) is 1. The number of hydrogen-bond acceptors (Lipinski definition) is 2. The Bertz CT molecular complexity index is 521. The smallest absolute Gasteiger partial charge is 0.123 e. The Labute approximate surface area is 119 Å². The minimum absolute atomic E-state index is 0.187. The van der Waals surface area contributed by atoms with Gasteiger partial charge in [-0.2, -0.15) is 0 Å². The van der Waals surface area contributed by atoms with Crippen molar-refractivity contribution in [1.29, 1.82) is 0 Å². The van der Waals surface area contributed by atoms with Gasteiger partial charge in [0.05, 0.1) is 0 Å². The molecular weight excluding hydrogens is 313 g/mol. The molecule has 0 aliphatic rings. The van der Waals surface area contributed by atoms with Gasteiger partial charge in [-0.15, -0.1) is 11.3 Å². The van der Waals surface area contributed by atoms with E-state index in [2.05, 4.69) is 34.2 Å². The first-order valence-corrected chi connectivity index (χ1v) is 7.38. The maximum atomic E-state index is 12.9. The van der Waals surface area contributed by atoms with E-state index >= 15 is 0 Å². The lowest BCUT2D eigenvalue weighted by Gasteiger charge is -2.15. The number of benzene rings is 1. The fourth-order valence-electron chi connectivity index (χ4n) is 1.92. The molecule has 1 heterocycles. The third-order valence-electron chi connectivity index (χ3n) is 2.85. The van der Waals surface area contributed by atoms with E-state index in [1.165, 1.54) is 21.9 Å². The highest BCUT2D eigenvalue weighted by Gasteiger charge is 2.16. The zero-order chi connectivity index (χ0) is 13.1. The van der Waals surface area contributed by atoms with Crippen LogP contribution >= 0.6 is 27.3 Å². The molecule has 0 saturated carbocycles. The molecule has 2 aromatic rings. The maximum Gasteiger partial charge on any atom is 0.123 e. The topological polar surface area (TPSA) is 12.0 Å². The molecule has 0 amide bonds. The van der Waals surface area contributed by atoms with E-state index in [4.69, 9.17) is 0 Å². The van der Waals surface area contributed by atoms with Crippen LogP contribution in [-0.2, 0) is 6.42 Å². The second-order valence-electron chi connectivity index (χ2n) is 4.24. The molecule has 96 valence electrons. The number of thiophene rings is 1. The quantitative estimate of drug-likeness (QED) is 0.874. The van der Waals surface area contributed by atoms with Gasteiger partial charge in [0.25, 0.3) is 0 Å². The minimum atomic E-state index is -0.187. The Hall–Kier alpha value is -0.710. The van der Waals surface area contributed by atoms with E-state index < -0.39 is 0 Å². The molecule has 1 atom stereocenters. The summed E-state index contributed by atoms with van der Waals surface area (Å²) in [7, 11) is 1.95. The Morgan fingerprint density at radius 2 is 2.00 bits per heavy atom. The van der Waals surface area contributed by atoms with Crippen LogP contribution < -0.4 is 5.32 Å². The fourth-order valence-corrected chi connectivity index (χ4v) is 3.96. The average molecular weight is 328 g/mol. The zero-order valence-corrected chi connectivity index (χ0v) is 12.7. The summed E-state index contributed by atoms with van der Waals surface area (Å²) in [6.45, 7) is 2.10. The van der Waals surface area contributed by atoms with Crippen LogP contribution in [0.15, 0.2) is 34.8 Å². The summed E-state index contributed by atoms with van der Waals surface area (Å²) in [6.07, 6.45) is 0.856. The molecule has 4 heteroatoms. The maximum absolute atomic E-state index is 12.9. The predicted octanol–water partition coefficient (Wildman–Crippen LogP) is 4.46. The van der Waals surface area contributed by atoms with Gasteiger partial charge in [-0.3, -0.25) is 0 Å². The zero-order valence-electron chi connectivity index (χ0n) is 10.3. The molecule has 0 aliphatic heterocycles. The van der Waals surface area contributed by atoms with E-state index in [9.17, 15) is 4.39 Å². The second-order valence-corrected chi connectivity index (χ2v) is 6.38. The van der Waals surface area contributed by atoms with E-state index in [0.717, 1.165) is 16.5 Å². The Balaban J connectivity index is 2.19. The Morgan fingerprint density at radius 3 is 2.50 bits per heavy atom. The van der Waals surface area contributed by atoms with Gasteiger partial charge in [0.2, 0.25) is 0 Å². The molecule has 1 aromatic heterocycles. The third kappa shape index (κ3) is 3.19. The van der Waals surface area contributed by atoms with Gasteiger partial charge in [-0.05, 0) is 60.1 Å². The van der Waals surface area contributed by atoms with Crippen LogP contribution in [0.2, 0.25) is 0 Å². The van der Waals surface area contributed by atoms with Crippen molar-refractivity contribution in [1.82, 2.24) is 5.32 Å². The first-order chi connectivity index (χ1) is 8.60. The van der Waals surface area contributed by atoms with Gasteiger partial charge in [0, 0.05) is 20.3 Å². The number of halogens is 2. The predicted molar refractivity (Wildman–Crippen MR) is 78.7 cm³/mol. The molecular formula is C14H15BrFNS. The molecule has 0 saturated heterocycles. The van der Waals surface area contributed by atoms with Crippen molar-refractivity contribution in [2.45, 2.75) is 19.4 Å². The number of rotatable bonds is 4. The third-order valence-corrected chi connectivity index (χ3v) is 4.94. The monoisotopic (exact) mass is 327 g/mol. The van der Waals surface area contributed by atoms with Gasteiger partial charge < -0.3 is 5.32 Å². The van der Waals surface area contributed by atoms with Crippen LogP contribution in [0, 0.1) is 12.7 Å². The SMILES string of the molecule is CNC(Cc1ccc(F)cc1)c1sc(C)cc1Br. The molecule has 0 radical (unpaired) electrons. The van der Waals surface area contributed by atoms with Crippen molar-refractivity contribution in [3.8, 4) is 0 Å². The van der Waals surface area contributed by atoms with Crippen LogP contribution in [0.5, 0.6) is 0 Å². The minimum Gasteiger partial charge on any atom is -0.312 e. The number of aryl methyl sites for hydroxylation is 1. The summed E-state index contributed by atoms with van der Waals surface area (Å²) >= 11 is 5.38. The normalized spacial score (nSPS) is 12.7. The summed E-state index contributed by atoms with van der Waals surface area (Å²) in [4.78, 5) is 2.58. The molecule has 1 nitrogen and oxygen atoms in total. The average Bonchev–Trinajstić information content (AvgIpc) is 2.68. The van der Waals surface area contributed by atoms with Gasteiger partial charge >= 0.3 is 0 Å². The summed E-state index contributed by atoms with van der Waals surface area (Å²) in [5.41, 5.74) is 1.13. The largest absolute Gasteiger partial charge is 0.312 e. The first-order valence-electron chi connectivity index (χ1n) is 5.77. The molecule has 1 N–H and O–H groups in total. The Kier molecular flexibility index (Phi) is 4.54. The fraction of sp³-hybridized carbons (Fsp3) is 0.286. The van der Waals surface area contributed by atoms with Gasteiger partial charge in [-0.1, -0.05) is 12.1 Å². The first kappa shape index (κ1) is 13.7. The summed E-state index contributed by atoms with van der Waals surface area (Å²) in [6, 6.07) is 9.09. The van der Waals surface area contributed by atoms with Crippen LogP contribution in [0.1, 0.15) is 21.4 Å². The molecule has 1 unspecified atom stereocenters. The lowest BCUT2D eigenvalue weighted by atomic mass is 10.0. The highest BCUT2D eigenvalue weighted by atomic mass is 79.9. The van der Waals surface area contributed by atoms with Crippen molar-refractivity contribution in [3.63, 3.8) is 0 Å². The van der Waals surface area contributed by atoms with Crippen molar-refractivity contribution < 1.29 is 4.39 Å². The molecule has 1 aromatic carbocycles. The van der Waals surface area contributed by atoms with Crippen molar-refractivity contribution in [2.24, 2.45) is 0 Å². The lowest BCUT2D eigenvalue weighted by Crippen LogP contribution is -2.18. The summed E-state index contributed by atoms with van der Waals surface area (Å²) < 4.78 is 14.0. The lowest BCUT2D eigenvalue weighted by molar-refractivity contribution is 0.596. The number of likely N-dealkylation sites (N-methyl/N-ethyl adjacent to an activating group) is 1. The van der Waals surface area contributed by atoms with Crippen molar-refractivity contribution in [3.05, 3.63) is 55.9 Å². The molecule has 0 spiro atoms. The molecule has 18 heavy (non-hydrogen) atoms. The highest BCUT2D eigenvalue weighted by molar-refractivity contribution is 9.10. The molecule has 0 aliphatic carbocycles. The van der Waals surface area contributed by atoms with E-state index in [-0.39, 0.29) is 11.9 Å². The van der Waals surface area contributed by atoms with E-state index in [1.54, 1.807) is 11.3 Å². The Morgan fingerprint density at radius 1 is 1.33 bits per heavy atom. The summed E-state index contributed by atoms with van der Waals surface area (Å²) in [5, 5.41) is 3.32. The molecule has 2 rings (SSSR count). The standard InChI is InChI=1S/C14H15BrFNS/c1-9-7-12(15)14(18-9)13(17-2)8-10-3-5-11(16)6-4-10/h3-7,13,17H,8H2,1-2H3. The van der Waals surface area contributed by atoms with Gasteiger partial charge in [0.15, 0.2) is 0 Å². The number of hydrogen-bond donors (Lipinski definition) is 1. The van der Waals surface area contributed by atoms with Gasteiger partial charge in [-0.25, -0.2) is 4.39 Å². The van der Waals surface area contributed by atoms with E-state index in [0.29, 0.717) is 0 Å². The van der Waals surface area contributed by atoms with Crippen LogP contribution in [0.25, 0.3) is 0 Å². The van der Waals surface area contributed by atoms with Crippen molar-refractivity contribution in [2.75, 3.05) is 7.05 Å². The van der Waals surface area contributed by atoms with Gasteiger partial charge in [0.1, 0.15) is 5.82 Å². The highest BCUT2D eigenvalue weighted by Crippen LogP contribution is 2.33.